The molecule has 40 heavy (non-hydrogen) atoms. The van der Waals surface area contributed by atoms with Gasteiger partial charge in [-0.2, -0.15) is 0 Å². The first-order valence-electron chi connectivity index (χ1n) is 13.1. The van der Waals surface area contributed by atoms with E-state index in [1.165, 1.54) is 21.3 Å². The third kappa shape index (κ3) is 9.34. The average molecular weight is 588 g/mol. The van der Waals surface area contributed by atoms with Crippen molar-refractivity contribution >= 4 is 39.1 Å². The molecule has 0 fully saturated rings. The van der Waals surface area contributed by atoms with Gasteiger partial charge >= 0.3 is 0 Å². The number of benzene rings is 3. The molecular weight excluding hydrogens is 553 g/mol. The molecule has 0 aliphatic carbocycles. The summed E-state index contributed by atoms with van der Waals surface area (Å²) in [5, 5.41) is 3.40. The number of hydrogen-bond donors (Lipinski definition) is 1. The van der Waals surface area contributed by atoms with Crippen LogP contribution in [0, 0.1) is 5.82 Å². The minimum absolute atomic E-state index is 0.00104. The van der Waals surface area contributed by atoms with Crippen molar-refractivity contribution < 1.29 is 22.4 Å². The second-order valence-electron chi connectivity index (χ2n) is 9.93. The largest absolute Gasteiger partial charge is 0.352 e. The fraction of sp³-hybridized carbons (Fsp3) is 0.333. The lowest BCUT2D eigenvalue weighted by Crippen LogP contribution is -2.51. The maximum Gasteiger partial charge on any atom is 0.243 e. The van der Waals surface area contributed by atoms with Crippen molar-refractivity contribution in [3.05, 3.63) is 101 Å². The van der Waals surface area contributed by atoms with Gasteiger partial charge in [0, 0.05) is 37.0 Å². The number of sulfonamides is 1. The summed E-state index contributed by atoms with van der Waals surface area (Å²) in [5.74, 6) is -1.01. The van der Waals surface area contributed by atoms with E-state index in [2.05, 4.69) is 5.32 Å². The first kappa shape index (κ1) is 31.1. The van der Waals surface area contributed by atoms with E-state index >= 15 is 0 Å². The lowest BCUT2D eigenvalue weighted by atomic mass is 10.0. The van der Waals surface area contributed by atoms with Crippen molar-refractivity contribution in [1.82, 2.24) is 10.2 Å². The highest BCUT2D eigenvalue weighted by Gasteiger charge is 2.31. The Morgan fingerprint density at radius 1 is 0.925 bits per heavy atom. The Labute approximate surface area is 241 Å². The molecule has 3 aromatic carbocycles. The Morgan fingerprint density at radius 3 is 2.12 bits per heavy atom. The predicted molar refractivity (Wildman–Crippen MR) is 157 cm³/mol. The molecule has 0 aromatic heterocycles. The van der Waals surface area contributed by atoms with E-state index in [1.807, 2.05) is 44.2 Å². The number of nitrogens with one attached hydrogen (secondary N) is 1. The molecule has 0 bridgehead atoms. The van der Waals surface area contributed by atoms with E-state index in [0.29, 0.717) is 16.3 Å². The van der Waals surface area contributed by atoms with Crippen molar-refractivity contribution in [2.75, 3.05) is 17.1 Å². The molecule has 0 radical (unpaired) electrons. The number of carbonyl (C=O) groups excluding carboxylic acids is 2. The Balaban J connectivity index is 1.87. The fourth-order valence-electron chi connectivity index (χ4n) is 4.33. The molecular formula is C30H35ClFN3O4S. The molecule has 0 saturated heterocycles. The van der Waals surface area contributed by atoms with Gasteiger partial charge in [-0.05, 0) is 67.8 Å². The minimum atomic E-state index is -3.62. The summed E-state index contributed by atoms with van der Waals surface area (Å²) >= 11 is 5.96. The molecule has 0 unspecified atom stereocenters. The molecule has 10 heteroatoms. The second kappa shape index (κ2) is 14.3. The minimum Gasteiger partial charge on any atom is -0.352 e. The van der Waals surface area contributed by atoms with Crippen LogP contribution in [-0.2, 0) is 32.6 Å². The van der Waals surface area contributed by atoms with Gasteiger partial charge in [0.25, 0.3) is 0 Å². The molecule has 7 nitrogen and oxygen atoms in total. The summed E-state index contributed by atoms with van der Waals surface area (Å²) in [4.78, 5) is 28.7. The van der Waals surface area contributed by atoms with Gasteiger partial charge in [0.15, 0.2) is 0 Å². The molecule has 0 spiro atoms. The number of amides is 2. The Hall–Kier alpha value is -3.43. The molecule has 0 aliphatic heterocycles. The predicted octanol–water partition coefficient (Wildman–Crippen LogP) is 5.19. The van der Waals surface area contributed by atoms with Crippen molar-refractivity contribution in [3.8, 4) is 0 Å². The molecule has 0 aliphatic rings. The molecule has 2 amide bonds. The highest BCUT2D eigenvalue weighted by atomic mass is 35.5. The van der Waals surface area contributed by atoms with Gasteiger partial charge in [-0.3, -0.25) is 13.9 Å². The van der Waals surface area contributed by atoms with Crippen LogP contribution in [0.2, 0.25) is 5.02 Å². The molecule has 0 heterocycles. The van der Waals surface area contributed by atoms with Crippen LogP contribution in [0.5, 0.6) is 0 Å². The van der Waals surface area contributed by atoms with Crippen molar-refractivity contribution in [2.45, 2.75) is 51.7 Å². The van der Waals surface area contributed by atoms with E-state index in [4.69, 9.17) is 11.6 Å². The van der Waals surface area contributed by atoms with E-state index in [-0.39, 0.29) is 50.2 Å². The van der Waals surface area contributed by atoms with Gasteiger partial charge in [-0.15, -0.1) is 0 Å². The average Bonchev–Trinajstić information content (AvgIpc) is 2.90. The standard InChI is InChI=1S/C30H35ClFN3O4S/c1-22(2)33-30(37)28(20-23-8-5-4-6-9-23)34(21-24-11-15-26(32)16-12-24)29(36)10-7-19-35(40(3,38)39)27-17-13-25(31)14-18-27/h4-6,8-9,11-18,22,28H,7,10,19-21H2,1-3H3,(H,33,37)/t28-/m1/s1. The molecule has 1 atom stereocenters. The van der Waals surface area contributed by atoms with Gasteiger partial charge in [-0.1, -0.05) is 54.1 Å². The highest BCUT2D eigenvalue weighted by Crippen LogP contribution is 2.22. The third-order valence-electron chi connectivity index (χ3n) is 6.23. The molecule has 0 saturated carbocycles. The number of carbonyl (C=O) groups is 2. The Morgan fingerprint density at radius 2 is 1.55 bits per heavy atom. The van der Waals surface area contributed by atoms with Crippen LogP contribution >= 0.6 is 11.6 Å². The van der Waals surface area contributed by atoms with E-state index in [0.717, 1.165) is 11.8 Å². The van der Waals surface area contributed by atoms with Gasteiger partial charge in [0.05, 0.1) is 11.9 Å². The quantitative estimate of drug-likeness (QED) is 0.298. The molecule has 1 N–H and O–H groups in total. The Kier molecular flexibility index (Phi) is 11.1. The summed E-state index contributed by atoms with van der Waals surface area (Å²) in [6.45, 7) is 3.85. The molecule has 3 rings (SSSR count). The van der Waals surface area contributed by atoms with Crippen LogP contribution in [0.3, 0.4) is 0 Å². The first-order valence-corrected chi connectivity index (χ1v) is 15.3. The maximum atomic E-state index is 13.7. The Bertz CT molecular complexity index is 1370. The van der Waals surface area contributed by atoms with Gasteiger partial charge in [0.2, 0.25) is 21.8 Å². The lowest BCUT2D eigenvalue weighted by Gasteiger charge is -2.32. The van der Waals surface area contributed by atoms with Crippen molar-refractivity contribution in [2.24, 2.45) is 0 Å². The number of hydrogen-bond acceptors (Lipinski definition) is 4. The normalized spacial score (nSPS) is 12.2. The summed E-state index contributed by atoms with van der Waals surface area (Å²) in [6.07, 6.45) is 1.61. The zero-order valence-corrected chi connectivity index (χ0v) is 24.5. The first-order chi connectivity index (χ1) is 18.9. The summed E-state index contributed by atoms with van der Waals surface area (Å²) in [6, 6.07) is 20.7. The van der Waals surface area contributed by atoms with E-state index in [9.17, 15) is 22.4 Å². The van der Waals surface area contributed by atoms with Crippen LogP contribution < -0.4 is 9.62 Å². The van der Waals surface area contributed by atoms with Crippen LogP contribution in [0.25, 0.3) is 0 Å². The smallest absolute Gasteiger partial charge is 0.243 e. The topological polar surface area (TPSA) is 86.8 Å². The van der Waals surface area contributed by atoms with E-state index < -0.39 is 21.9 Å². The fourth-order valence-corrected chi connectivity index (χ4v) is 5.42. The van der Waals surface area contributed by atoms with Crippen LogP contribution in [0.15, 0.2) is 78.9 Å². The monoisotopic (exact) mass is 587 g/mol. The summed E-state index contributed by atoms with van der Waals surface area (Å²) in [5.41, 5.74) is 2.00. The summed E-state index contributed by atoms with van der Waals surface area (Å²) in [7, 11) is -3.62. The number of halogens is 2. The zero-order chi connectivity index (χ0) is 29.3. The number of anilines is 1. The van der Waals surface area contributed by atoms with Gasteiger partial charge < -0.3 is 10.2 Å². The highest BCUT2D eigenvalue weighted by molar-refractivity contribution is 7.92. The van der Waals surface area contributed by atoms with Gasteiger partial charge in [-0.25, -0.2) is 12.8 Å². The van der Waals surface area contributed by atoms with Crippen molar-refractivity contribution in [3.63, 3.8) is 0 Å². The second-order valence-corrected chi connectivity index (χ2v) is 12.3. The molecule has 214 valence electrons. The third-order valence-corrected chi connectivity index (χ3v) is 7.68. The van der Waals surface area contributed by atoms with E-state index in [1.54, 1.807) is 36.4 Å². The van der Waals surface area contributed by atoms with Gasteiger partial charge in [0.1, 0.15) is 11.9 Å². The van der Waals surface area contributed by atoms with Crippen LogP contribution in [-0.4, -0.2) is 50.0 Å². The summed E-state index contributed by atoms with van der Waals surface area (Å²) < 4.78 is 39.9. The molecule has 3 aromatic rings. The number of rotatable bonds is 13. The maximum absolute atomic E-state index is 13.7. The lowest BCUT2D eigenvalue weighted by molar-refractivity contribution is -0.141. The van der Waals surface area contributed by atoms with Crippen molar-refractivity contribution in [1.29, 1.82) is 0 Å². The van der Waals surface area contributed by atoms with Crippen LogP contribution in [0.1, 0.15) is 37.8 Å². The zero-order valence-electron chi connectivity index (χ0n) is 22.9. The number of nitrogens with zero attached hydrogens (tertiary/aromatic N) is 2. The SMILES string of the molecule is CC(C)NC(=O)[C@@H](Cc1ccccc1)N(Cc1ccc(F)cc1)C(=O)CCCN(c1ccc(Cl)cc1)S(C)(=O)=O. The van der Waals surface area contributed by atoms with Crippen LogP contribution in [0.4, 0.5) is 10.1 Å².